The molecule has 1 unspecified atom stereocenters. The largest absolute Gasteiger partial charge is 0.455 e. The summed E-state index contributed by atoms with van der Waals surface area (Å²) in [5, 5.41) is 14.0. The third-order valence-electron chi connectivity index (χ3n) is 6.03. The molecule has 0 saturated heterocycles. The van der Waals surface area contributed by atoms with Gasteiger partial charge in [-0.25, -0.2) is 9.97 Å². The van der Waals surface area contributed by atoms with E-state index in [1.54, 1.807) is 23.9 Å². The Morgan fingerprint density at radius 1 is 1.16 bits per heavy atom. The molecule has 2 N–H and O–H groups in total. The maximum Gasteiger partial charge on any atom is 0.145 e. The number of aliphatic hydroxyl groups excluding tert-OH is 1. The summed E-state index contributed by atoms with van der Waals surface area (Å²) in [6.45, 7) is 4.25. The summed E-state index contributed by atoms with van der Waals surface area (Å²) in [5.41, 5.74) is 4.32. The van der Waals surface area contributed by atoms with Crippen molar-refractivity contribution >= 4 is 33.1 Å². The first-order valence-corrected chi connectivity index (χ1v) is 11.8. The van der Waals surface area contributed by atoms with Gasteiger partial charge in [-0.3, -0.25) is 4.98 Å². The van der Waals surface area contributed by atoms with E-state index in [4.69, 9.17) is 4.74 Å². The summed E-state index contributed by atoms with van der Waals surface area (Å²) in [5.74, 6) is 2.94. The van der Waals surface area contributed by atoms with Gasteiger partial charge in [-0.2, -0.15) is 0 Å². The van der Waals surface area contributed by atoms with Crippen LogP contribution in [-0.4, -0.2) is 26.7 Å². The lowest BCUT2D eigenvalue weighted by atomic mass is 9.86. The van der Waals surface area contributed by atoms with Crippen molar-refractivity contribution in [2.24, 2.45) is 5.92 Å². The van der Waals surface area contributed by atoms with Crippen molar-refractivity contribution < 1.29 is 9.84 Å². The van der Waals surface area contributed by atoms with E-state index < -0.39 is 0 Å². The summed E-state index contributed by atoms with van der Waals surface area (Å²) >= 11 is 1.76. The zero-order valence-electron chi connectivity index (χ0n) is 18.3. The number of rotatable bonds is 6. The van der Waals surface area contributed by atoms with Crippen LogP contribution in [0, 0.1) is 19.8 Å². The van der Waals surface area contributed by atoms with Gasteiger partial charge in [0.1, 0.15) is 28.5 Å². The lowest BCUT2D eigenvalue weighted by Crippen LogP contribution is -2.13. The number of benzene rings is 1. The second-order valence-corrected chi connectivity index (χ2v) is 9.45. The number of aryl methyl sites for hydroxylation is 3. The highest BCUT2D eigenvalue weighted by Crippen LogP contribution is 2.41. The first-order valence-electron chi connectivity index (χ1n) is 10.9. The van der Waals surface area contributed by atoms with Crippen LogP contribution in [0.4, 0.5) is 11.5 Å². The molecule has 6 nitrogen and oxygen atoms in total. The Morgan fingerprint density at radius 2 is 2.06 bits per heavy atom. The van der Waals surface area contributed by atoms with Crippen molar-refractivity contribution in [1.29, 1.82) is 0 Å². The molecule has 0 saturated carbocycles. The highest BCUT2D eigenvalue weighted by molar-refractivity contribution is 7.19. The third kappa shape index (κ3) is 4.18. The van der Waals surface area contributed by atoms with E-state index in [0.29, 0.717) is 5.92 Å². The van der Waals surface area contributed by atoms with Gasteiger partial charge in [-0.1, -0.05) is 0 Å². The van der Waals surface area contributed by atoms with Crippen LogP contribution in [0.25, 0.3) is 10.2 Å². The number of pyridine rings is 1. The lowest BCUT2D eigenvalue weighted by Gasteiger charge is -2.21. The molecule has 32 heavy (non-hydrogen) atoms. The Morgan fingerprint density at radius 3 is 2.84 bits per heavy atom. The van der Waals surface area contributed by atoms with Gasteiger partial charge < -0.3 is 15.2 Å². The maximum absolute atomic E-state index is 9.31. The van der Waals surface area contributed by atoms with E-state index in [-0.39, 0.29) is 6.61 Å². The molecule has 3 heterocycles. The maximum atomic E-state index is 9.31. The Bertz CT molecular complexity index is 1250. The fourth-order valence-electron chi connectivity index (χ4n) is 4.32. The van der Waals surface area contributed by atoms with Gasteiger partial charge in [0.15, 0.2) is 0 Å². The van der Waals surface area contributed by atoms with Crippen molar-refractivity contribution in [1.82, 2.24) is 15.0 Å². The number of fused-ring (bicyclic) bond motifs is 3. The molecule has 0 bridgehead atoms. The van der Waals surface area contributed by atoms with Crippen molar-refractivity contribution in [2.45, 2.75) is 39.5 Å². The van der Waals surface area contributed by atoms with Gasteiger partial charge >= 0.3 is 0 Å². The third-order valence-corrected chi connectivity index (χ3v) is 7.20. The normalized spacial score (nSPS) is 15.5. The van der Waals surface area contributed by atoms with Crippen molar-refractivity contribution in [3.63, 3.8) is 0 Å². The van der Waals surface area contributed by atoms with Gasteiger partial charge in [-0.15, -0.1) is 11.3 Å². The summed E-state index contributed by atoms with van der Waals surface area (Å²) in [7, 11) is 0. The van der Waals surface area contributed by atoms with Gasteiger partial charge in [0.25, 0.3) is 0 Å². The molecule has 0 radical (unpaired) electrons. The first-order chi connectivity index (χ1) is 15.6. The van der Waals surface area contributed by atoms with E-state index in [1.807, 2.05) is 38.1 Å². The van der Waals surface area contributed by atoms with Crippen LogP contribution >= 0.6 is 11.3 Å². The molecular weight excluding hydrogens is 420 g/mol. The quantitative estimate of drug-likeness (QED) is 0.394. The topological polar surface area (TPSA) is 80.2 Å². The number of nitrogens with zero attached hydrogens (tertiary/aromatic N) is 3. The molecule has 0 amide bonds. The van der Waals surface area contributed by atoms with Crippen LogP contribution in [0.3, 0.4) is 0 Å². The smallest absolute Gasteiger partial charge is 0.145 e. The number of thiophene rings is 1. The number of ether oxygens (including phenoxy) is 1. The molecule has 5 rings (SSSR count). The Hall–Kier alpha value is -3.03. The van der Waals surface area contributed by atoms with Gasteiger partial charge in [0.05, 0.1) is 11.6 Å². The second kappa shape index (κ2) is 8.84. The zero-order chi connectivity index (χ0) is 22.1. The van der Waals surface area contributed by atoms with Crippen LogP contribution < -0.4 is 10.1 Å². The summed E-state index contributed by atoms with van der Waals surface area (Å²) < 4.78 is 6.00. The van der Waals surface area contributed by atoms with Crippen molar-refractivity contribution in [2.75, 3.05) is 11.9 Å². The van der Waals surface area contributed by atoms with E-state index in [9.17, 15) is 5.11 Å². The van der Waals surface area contributed by atoms with E-state index in [0.717, 1.165) is 70.2 Å². The highest BCUT2D eigenvalue weighted by Gasteiger charge is 2.25. The van der Waals surface area contributed by atoms with Crippen molar-refractivity contribution in [3.05, 3.63) is 64.6 Å². The molecule has 0 aliphatic heterocycles. The highest BCUT2D eigenvalue weighted by atomic mass is 32.1. The van der Waals surface area contributed by atoms with Crippen LogP contribution in [0.1, 0.15) is 34.5 Å². The number of aromatic nitrogens is 3. The average Bonchev–Trinajstić information content (AvgIpc) is 3.16. The van der Waals surface area contributed by atoms with E-state index >= 15 is 0 Å². The fourth-order valence-corrected chi connectivity index (χ4v) is 5.62. The second-order valence-electron chi connectivity index (χ2n) is 8.37. The number of aliphatic hydroxyl groups is 1. The number of nitrogens with one attached hydrogen (secondary N) is 1. The lowest BCUT2D eigenvalue weighted by molar-refractivity contribution is 0.249. The molecule has 1 aliphatic rings. The molecule has 3 aromatic heterocycles. The molecule has 0 fully saturated rings. The van der Waals surface area contributed by atoms with E-state index in [1.165, 1.54) is 10.4 Å². The standard InChI is InChI=1S/C25H26N4O2S/c1-15-11-18(5-8-21(15)31-19-6-3-16(2)26-13-19)29-24-23-20-7-4-17(9-10-30)12-22(20)32-25(23)28-14-27-24/h3,5-6,8,11,13-14,17,30H,4,7,9-10,12H2,1-2H3,(H,27,28,29). The molecular formula is C25H26N4O2S. The van der Waals surface area contributed by atoms with Crippen LogP contribution in [0.5, 0.6) is 11.5 Å². The van der Waals surface area contributed by atoms with Gasteiger partial charge in [0, 0.05) is 22.9 Å². The minimum Gasteiger partial charge on any atom is -0.455 e. The van der Waals surface area contributed by atoms with Crippen LogP contribution in [0.2, 0.25) is 0 Å². The van der Waals surface area contributed by atoms with Gasteiger partial charge in [0.2, 0.25) is 0 Å². The number of hydrogen-bond donors (Lipinski definition) is 2. The summed E-state index contributed by atoms with van der Waals surface area (Å²) in [6.07, 6.45) is 7.38. The molecule has 4 aromatic rings. The molecule has 1 aromatic carbocycles. The molecule has 164 valence electrons. The molecule has 0 spiro atoms. The minimum absolute atomic E-state index is 0.261. The fraction of sp³-hybridized carbons (Fsp3) is 0.320. The molecule has 7 heteroatoms. The minimum atomic E-state index is 0.261. The van der Waals surface area contributed by atoms with E-state index in [2.05, 4.69) is 26.3 Å². The Labute approximate surface area is 191 Å². The SMILES string of the molecule is Cc1ccc(Oc2ccc(Nc3ncnc4sc5c(c34)CCC(CCO)C5)cc2C)cn1. The van der Waals surface area contributed by atoms with Crippen molar-refractivity contribution in [3.8, 4) is 11.5 Å². The molecule has 1 aliphatic carbocycles. The Kier molecular flexibility index (Phi) is 5.76. The average molecular weight is 447 g/mol. The number of anilines is 2. The Balaban J connectivity index is 1.40. The predicted molar refractivity (Wildman–Crippen MR) is 128 cm³/mol. The van der Waals surface area contributed by atoms with Crippen LogP contribution in [0.15, 0.2) is 42.9 Å². The number of hydrogen-bond acceptors (Lipinski definition) is 7. The zero-order valence-corrected chi connectivity index (χ0v) is 19.1. The first kappa shape index (κ1) is 20.8. The monoisotopic (exact) mass is 446 g/mol. The summed E-state index contributed by atoms with van der Waals surface area (Å²) in [6, 6.07) is 9.92. The predicted octanol–water partition coefficient (Wildman–Crippen LogP) is 5.73. The summed E-state index contributed by atoms with van der Waals surface area (Å²) in [4.78, 5) is 15.8. The van der Waals surface area contributed by atoms with Gasteiger partial charge in [-0.05, 0) is 86.9 Å². The molecule has 1 atom stereocenters. The van der Waals surface area contributed by atoms with Crippen LogP contribution in [-0.2, 0) is 12.8 Å².